The van der Waals surface area contributed by atoms with E-state index >= 15 is 0 Å². The van der Waals surface area contributed by atoms with Gasteiger partial charge in [0.05, 0.1) is 35.7 Å². The van der Waals surface area contributed by atoms with Crippen LogP contribution in [0.4, 0.5) is 0 Å². The summed E-state index contributed by atoms with van der Waals surface area (Å²) in [5, 5.41) is 21.7. The van der Waals surface area contributed by atoms with Crippen molar-refractivity contribution < 1.29 is 33.8 Å². The summed E-state index contributed by atoms with van der Waals surface area (Å²) < 4.78 is 3.34. The molecule has 0 heterocycles. The molecule has 0 saturated heterocycles. The highest BCUT2D eigenvalue weighted by Gasteiger charge is 2.52. The van der Waals surface area contributed by atoms with Gasteiger partial charge in [0.2, 0.25) is 23.6 Å². The summed E-state index contributed by atoms with van der Waals surface area (Å²) in [6.45, 7) is -0.828. The minimum Gasteiger partial charge on any atom is -0.468 e. The van der Waals surface area contributed by atoms with Gasteiger partial charge in [-0.05, 0) is 58.4 Å². The van der Waals surface area contributed by atoms with Crippen LogP contribution in [-0.4, -0.2) is 84.1 Å². The third-order valence-electron chi connectivity index (χ3n) is 12.2. The number of methoxy groups -OCH3 is 1. The Hall–Kier alpha value is -6.93. The van der Waals surface area contributed by atoms with Gasteiger partial charge in [0.25, 0.3) is 0 Å². The zero-order valence-corrected chi connectivity index (χ0v) is 40.6. The van der Waals surface area contributed by atoms with Gasteiger partial charge in [0, 0.05) is 5.75 Å². The van der Waals surface area contributed by atoms with Crippen LogP contribution in [0.15, 0.2) is 194 Å². The van der Waals surface area contributed by atoms with Crippen LogP contribution in [0.2, 0.25) is 0 Å². The van der Waals surface area contributed by atoms with Crippen LogP contribution in [0.3, 0.4) is 0 Å². The number of aliphatic hydroxyl groups is 1. The highest BCUT2D eigenvalue weighted by molar-refractivity contribution is 8.00. The summed E-state index contributed by atoms with van der Waals surface area (Å²) in [5.74, 6) is -2.20. The van der Waals surface area contributed by atoms with Gasteiger partial charge in [-0.3, -0.25) is 24.0 Å². The number of rotatable bonds is 24. The largest absolute Gasteiger partial charge is 0.468 e. The summed E-state index contributed by atoms with van der Waals surface area (Å²) in [7, 11) is 1.22. The minimum absolute atomic E-state index is 0.0506. The smallest absolute Gasteiger partial charge is 0.325 e. The molecule has 6 aromatic rings. The Kier molecular flexibility index (Phi) is 17.9. The maximum Gasteiger partial charge on any atom is 0.325 e. The molecule has 1 saturated carbocycles. The second-order valence-electron chi connectivity index (χ2n) is 16.9. The molecular formula is C57H58N4O7S2. The number of carbonyl (C=O) groups excluding carboxylic acids is 5. The number of aliphatic hydroxyl groups excluding tert-OH is 1. The second-order valence-corrected chi connectivity index (χ2v) is 19.5. The first-order valence-electron chi connectivity index (χ1n) is 23.3. The van der Waals surface area contributed by atoms with E-state index in [2.05, 4.69) is 98.8 Å². The van der Waals surface area contributed by atoms with Gasteiger partial charge in [-0.1, -0.05) is 194 Å². The summed E-state index contributed by atoms with van der Waals surface area (Å²) >= 11 is 3.25. The lowest BCUT2D eigenvalue weighted by Crippen LogP contribution is -2.57. The van der Waals surface area contributed by atoms with Gasteiger partial charge in [-0.15, -0.1) is 23.5 Å². The highest BCUT2D eigenvalue weighted by atomic mass is 32.2. The second kappa shape index (κ2) is 24.6. The zero-order chi connectivity index (χ0) is 49.2. The molecule has 70 heavy (non-hydrogen) atoms. The number of thioether (sulfide) groups is 2. The first kappa shape index (κ1) is 50.9. The van der Waals surface area contributed by atoms with Crippen LogP contribution < -0.4 is 21.3 Å². The summed E-state index contributed by atoms with van der Waals surface area (Å²) in [6, 6.07) is 59.7. The van der Waals surface area contributed by atoms with E-state index in [0.29, 0.717) is 25.0 Å². The SMILES string of the molecule is COC(=O)CNC(=O)C1(NC(=O)[C@@H](CSC(c2ccccc2)(c2ccccc2)c2ccccc2)NC(=O)CNC(=O)C[C@H](O)/C=C/CCSC(c2ccccc2)(c2ccccc2)c2ccccc2)CC1. The molecule has 360 valence electrons. The molecule has 0 aliphatic heterocycles. The first-order chi connectivity index (χ1) is 34.1. The van der Waals surface area contributed by atoms with Gasteiger partial charge in [0.15, 0.2) is 0 Å². The molecular weight excluding hydrogens is 917 g/mol. The lowest BCUT2D eigenvalue weighted by atomic mass is 9.84. The molecule has 7 rings (SSSR count). The number of esters is 1. The van der Waals surface area contributed by atoms with E-state index in [1.54, 1.807) is 17.8 Å². The summed E-state index contributed by atoms with van der Waals surface area (Å²) in [6.07, 6.45) is 3.37. The fraction of sp³-hybridized carbons (Fsp3) is 0.246. The Balaban J connectivity index is 1.01. The molecule has 13 heteroatoms. The zero-order valence-electron chi connectivity index (χ0n) is 39.0. The maximum absolute atomic E-state index is 14.3. The van der Waals surface area contributed by atoms with Crippen LogP contribution in [-0.2, 0) is 38.2 Å². The molecule has 5 N–H and O–H groups in total. The number of nitrogens with one attached hydrogen (secondary N) is 4. The molecule has 0 radical (unpaired) electrons. The Morgan fingerprint density at radius 1 is 0.600 bits per heavy atom. The first-order valence-corrected chi connectivity index (χ1v) is 25.3. The van der Waals surface area contributed by atoms with Crippen molar-refractivity contribution in [2.24, 2.45) is 0 Å². The van der Waals surface area contributed by atoms with Crippen molar-refractivity contribution in [2.45, 2.75) is 52.9 Å². The van der Waals surface area contributed by atoms with E-state index in [4.69, 9.17) is 0 Å². The number of allylic oxidation sites excluding steroid dienone is 1. The molecule has 0 unspecified atom stereocenters. The molecule has 1 aliphatic rings. The van der Waals surface area contributed by atoms with Crippen molar-refractivity contribution in [2.75, 3.05) is 31.7 Å². The Morgan fingerprint density at radius 2 is 1.01 bits per heavy atom. The van der Waals surface area contributed by atoms with Gasteiger partial charge < -0.3 is 31.1 Å². The van der Waals surface area contributed by atoms with Crippen molar-refractivity contribution in [3.8, 4) is 0 Å². The Morgan fingerprint density at radius 3 is 1.41 bits per heavy atom. The lowest BCUT2D eigenvalue weighted by Gasteiger charge is -2.36. The van der Waals surface area contributed by atoms with E-state index < -0.39 is 63.3 Å². The standard InChI is InChI=1S/C57H58N4O7S2/c1-68-52(65)40-59-54(67)55(35-36-55)61-53(66)49(41-70-57(45-28-14-5-15-29-45,46-30-16-6-17-31-46)47-32-18-7-19-33-47)60-51(64)39-58-50(63)38-48(62)34-20-21-37-69-56(42-22-8-2-9-23-42,43-24-10-3-11-25-43)44-26-12-4-13-27-44/h2-20,22-34,48-49,62H,21,35-41H2,1H3,(H,58,63)(H,59,67)(H,60,64)(H,61,66)/b34-20+/t48-,49-/m1/s1. The van der Waals surface area contributed by atoms with Gasteiger partial charge in [-0.25, -0.2) is 0 Å². The molecule has 2 atom stereocenters. The molecule has 1 fully saturated rings. The quantitative estimate of drug-likeness (QED) is 0.0177. The van der Waals surface area contributed by atoms with Crippen LogP contribution in [0, 0.1) is 0 Å². The van der Waals surface area contributed by atoms with Crippen molar-refractivity contribution in [1.82, 2.24) is 21.3 Å². The van der Waals surface area contributed by atoms with Crippen molar-refractivity contribution in [3.05, 3.63) is 228 Å². The van der Waals surface area contributed by atoms with Crippen LogP contribution in [0.25, 0.3) is 0 Å². The molecule has 0 aromatic heterocycles. The molecule has 0 bridgehead atoms. The highest BCUT2D eigenvalue weighted by Crippen LogP contribution is 2.50. The maximum atomic E-state index is 14.3. The number of carbonyl (C=O) groups is 5. The number of ether oxygens (including phenoxy) is 1. The average molecular weight is 975 g/mol. The fourth-order valence-corrected chi connectivity index (χ4v) is 11.5. The number of benzene rings is 6. The predicted molar refractivity (Wildman–Crippen MR) is 278 cm³/mol. The lowest BCUT2D eigenvalue weighted by molar-refractivity contribution is -0.141. The van der Waals surface area contributed by atoms with Gasteiger partial charge >= 0.3 is 5.97 Å². The minimum atomic E-state index is -1.26. The molecule has 0 spiro atoms. The number of amides is 4. The number of hydrogen-bond acceptors (Lipinski definition) is 9. The van der Waals surface area contributed by atoms with Crippen molar-refractivity contribution >= 4 is 53.1 Å². The Labute approximate surface area is 418 Å². The van der Waals surface area contributed by atoms with E-state index in [1.807, 2.05) is 115 Å². The van der Waals surface area contributed by atoms with Gasteiger partial charge in [-0.2, -0.15) is 0 Å². The normalized spacial score (nSPS) is 13.9. The Bertz CT molecular complexity index is 2480. The third kappa shape index (κ3) is 12.6. The topological polar surface area (TPSA) is 163 Å². The van der Waals surface area contributed by atoms with E-state index in [9.17, 15) is 29.1 Å². The molecule has 4 amide bonds. The van der Waals surface area contributed by atoms with E-state index in [1.165, 1.54) is 18.9 Å². The van der Waals surface area contributed by atoms with Crippen molar-refractivity contribution in [1.29, 1.82) is 0 Å². The van der Waals surface area contributed by atoms with Gasteiger partial charge in [0.1, 0.15) is 18.1 Å². The predicted octanol–water partition coefficient (Wildman–Crippen LogP) is 7.67. The van der Waals surface area contributed by atoms with E-state index in [-0.39, 0.29) is 18.7 Å². The molecule has 11 nitrogen and oxygen atoms in total. The molecule has 1 aliphatic carbocycles. The molecule has 6 aromatic carbocycles. The average Bonchev–Trinajstić information content (AvgIpc) is 4.20. The van der Waals surface area contributed by atoms with Crippen LogP contribution in [0.5, 0.6) is 0 Å². The van der Waals surface area contributed by atoms with Crippen LogP contribution in [0.1, 0.15) is 59.1 Å². The fourth-order valence-electron chi connectivity index (χ4n) is 8.47. The van der Waals surface area contributed by atoms with Crippen molar-refractivity contribution in [3.63, 3.8) is 0 Å². The summed E-state index contributed by atoms with van der Waals surface area (Å²) in [4.78, 5) is 66.3. The van der Waals surface area contributed by atoms with Crippen LogP contribution >= 0.6 is 23.5 Å². The monoisotopic (exact) mass is 974 g/mol. The summed E-state index contributed by atoms with van der Waals surface area (Å²) in [5.41, 5.74) is 5.03. The third-order valence-corrected chi connectivity index (χ3v) is 15.4. The van der Waals surface area contributed by atoms with E-state index in [0.717, 1.165) is 33.4 Å². The number of hydrogen-bond donors (Lipinski definition) is 5.